The van der Waals surface area contributed by atoms with Crippen molar-refractivity contribution in [2.24, 2.45) is 0 Å². The Morgan fingerprint density at radius 2 is 2.20 bits per heavy atom. The van der Waals surface area contributed by atoms with Gasteiger partial charge in [0.1, 0.15) is 0 Å². The van der Waals surface area contributed by atoms with Gasteiger partial charge in [-0.15, -0.1) is 0 Å². The third-order valence-electron chi connectivity index (χ3n) is 2.64. The number of rotatable bonds is 5. The van der Waals surface area contributed by atoms with Gasteiger partial charge in [0.05, 0.1) is 17.2 Å². The van der Waals surface area contributed by atoms with E-state index >= 15 is 0 Å². The summed E-state index contributed by atoms with van der Waals surface area (Å²) < 4.78 is 5.58. The van der Waals surface area contributed by atoms with Gasteiger partial charge in [-0.05, 0) is 25.5 Å². The molecule has 4 nitrogen and oxygen atoms in total. The van der Waals surface area contributed by atoms with E-state index in [9.17, 15) is 4.79 Å². The fourth-order valence-corrected chi connectivity index (χ4v) is 2.50. The predicted molar refractivity (Wildman–Crippen MR) is 80.8 cm³/mol. The average Bonchev–Trinajstić information content (AvgIpc) is 2.40. The molecule has 1 atom stereocenters. The second kappa shape index (κ2) is 6.81. The molecule has 1 aromatic carbocycles. The second-order valence-electron chi connectivity index (χ2n) is 4.26. The highest BCUT2D eigenvalue weighted by Gasteiger charge is 2.08. The monoisotopic (exact) mass is 310 g/mol. The minimum atomic E-state index is -0.243. The molecule has 1 heterocycles. The van der Waals surface area contributed by atoms with Gasteiger partial charge >= 0.3 is 0 Å². The van der Waals surface area contributed by atoms with Crippen LogP contribution in [0.1, 0.15) is 20.3 Å². The van der Waals surface area contributed by atoms with Crippen molar-refractivity contribution in [3.8, 4) is 5.88 Å². The minimum Gasteiger partial charge on any atom is -0.474 e. The van der Waals surface area contributed by atoms with Crippen molar-refractivity contribution in [1.82, 2.24) is 9.97 Å². The number of H-pyrrole nitrogens is 1. The fraction of sp³-hybridized carbons (Fsp3) is 0.286. The van der Waals surface area contributed by atoms with E-state index in [0.29, 0.717) is 16.1 Å². The Morgan fingerprint density at radius 3 is 2.90 bits per heavy atom. The standard InChI is InChI=1S/C14H15ClN2O2S/c1-3-9(2)19-13-8-12(18)16-14(17-13)20-11-7-5-4-6-10(11)15/h4-9H,3H2,1-2H3,(H,16,17,18). The number of hydrogen-bond donors (Lipinski definition) is 1. The molecule has 1 unspecified atom stereocenters. The van der Waals surface area contributed by atoms with Crippen LogP contribution in [0.2, 0.25) is 5.02 Å². The van der Waals surface area contributed by atoms with Crippen LogP contribution in [0.4, 0.5) is 0 Å². The lowest BCUT2D eigenvalue weighted by molar-refractivity contribution is 0.206. The molecule has 0 bridgehead atoms. The summed E-state index contributed by atoms with van der Waals surface area (Å²) in [4.78, 5) is 19.4. The molecule has 0 aliphatic carbocycles. The Hall–Kier alpha value is -1.46. The highest BCUT2D eigenvalue weighted by molar-refractivity contribution is 7.99. The molecule has 20 heavy (non-hydrogen) atoms. The number of ether oxygens (including phenoxy) is 1. The van der Waals surface area contributed by atoms with Crippen LogP contribution < -0.4 is 10.3 Å². The molecule has 6 heteroatoms. The third-order valence-corrected chi connectivity index (χ3v) is 4.04. The number of benzene rings is 1. The Balaban J connectivity index is 2.24. The van der Waals surface area contributed by atoms with E-state index in [2.05, 4.69) is 9.97 Å². The van der Waals surface area contributed by atoms with Crippen LogP contribution in [0.15, 0.2) is 45.2 Å². The topological polar surface area (TPSA) is 55.0 Å². The molecule has 0 aliphatic heterocycles. The summed E-state index contributed by atoms with van der Waals surface area (Å²) in [7, 11) is 0. The summed E-state index contributed by atoms with van der Waals surface area (Å²) in [5, 5.41) is 1.08. The number of aromatic nitrogens is 2. The summed E-state index contributed by atoms with van der Waals surface area (Å²) in [6, 6.07) is 8.75. The maximum absolute atomic E-state index is 11.6. The zero-order valence-corrected chi connectivity index (χ0v) is 12.8. The Bertz CT molecular complexity index is 645. The third kappa shape index (κ3) is 4.02. The van der Waals surface area contributed by atoms with Crippen molar-refractivity contribution in [3.05, 3.63) is 45.7 Å². The molecule has 0 spiro atoms. The highest BCUT2D eigenvalue weighted by atomic mass is 35.5. The summed E-state index contributed by atoms with van der Waals surface area (Å²) >= 11 is 7.39. The zero-order chi connectivity index (χ0) is 14.5. The summed E-state index contributed by atoms with van der Waals surface area (Å²) in [5.41, 5.74) is -0.243. The Morgan fingerprint density at radius 1 is 1.45 bits per heavy atom. The van der Waals surface area contributed by atoms with Crippen molar-refractivity contribution in [2.45, 2.75) is 36.4 Å². The molecule has 1 N–H and O–H groups in total. The van der Waals surface area contributed by atoms with Gasteiger partial charge in [-0.2, -0.15) is 4.98 Å². The maximum Gasteiger partial charge on any atom is 0.255 e. The van der Waals surface area contributed by atoms with E-state index in [0.717, 1.165) is 11.3 Å². The van der Waals surface area contributed by atoms with E-state index in [4.69, 9.17) is 16.3 Å². The first kappa shape index (κ1) is 14.9. The van der Waals surface area contributed by atoms with Crippen LogP contribution in [0.5, 0.6) is 5.88 Å². The van der Waals surface area contributed by atoms with Gasteiger partial charge < -0.3 is 9.72 Å². The average molecular weight is 311 g/mol. The van der Waals surface area contributed by atoms with Crippen LogP contribution in [0.25, 0.3) is 0 Å². The van der Waals surface area contributed by atoms with Crippen LogP contribution in [-0.4, -0.2) is 16.1 Å². The van der Waals surface area contributed by atoms with Crippen molar-refractivity contribution in [3.63, 3.8) is 0 Å². The van der Waals surface area contributed by atoms with Crippen molar-refractivity contribution in [1.29, 1.82) is 0 Å². The van der Waals surface area contributed by atoms with Gasteiger partial charge in [0, 0.05) is 4.90 Å². The van der Waals surface area contributed by atoms with E-state index in [1.54, 1.807) is 6.07 Å². The van der Waals surface area contributed by atoms with Crippen LogP contribution in [-0.2, 0) is 0 Å². The molecule has 0 fully saturated rings. The van der Waals surface area contributed by atoms with Gasteiger partial charge in [0.25, 0.3) is 5.56 Å². The van der Waals surface area contributed by atoms with Gasteiger partial charge in [0.2, 0.25) is 5.88 Å². The van der Waals surface area contributed by atoms with Crippen LogP contribution >= 0.6 is 23.4 Å². The number of hydrogen-bond acceptors (Lipinski definition) is 4. The lowest BCUT2D eigenvalue weighted by Gasteiger charge is -2.11. The lowest BCUT2D eigenvalue weighted by atomic mass is 10.3. The summed E-state index contributed by atoms with van der Waals surface area (Å²) in [6.07, 6.45) is 0.865. The summed E-state index contributed by atoms with van der Waals surface area (Å²) in [6.45, 7) is 3.95. The van der Waals surface area contributed by atoms with E-state index < -0.39 is 0 Å². The molecule has 1 aromatic heterocycles. The van der Waals surface area contributed by atoms with Crippen LogP contribution in [0.3, 0.4) is 0 Å². The van der Waals surface area contributed by atoms with E-state index in [1.807, 2.05) is 32.0 Å². The smallest absolute Gasteiger partial charge is 0.255 e. The molecule has 0 aliphatic rings. The quantitative estimate of drug-likeness (QED) is 0.855. The Kier molecular flexibility index (Phi) is 5.09. The molecule has 2 rings (SSSR count). The van der Waals surface area contributed by atoms with Crippen molar-refractivity contribution < 1.29 is 4.74 Å². The van der Waals surface area contributed by atoms with Crippen molar-refractivity contribution in [2.75, 3.05) is 0 Å². The first-order chi connectivity index (χ1) is 9.58. The molecule has 2 aromatic rings. The number of nitrogens with zero attached hydrogens (tertiary/aromatic N) is 1. The van der Waals surface area contributed by atoms with E-state index in [1.165, 1.54) is 17.8 Å². The van der Waals surface area contributed by atoms with Gasteiger partial charge in [-0.3, -0.25) is 4.79 Å². The normalized spacial score (nSPS) is 12.2. The first-order valence-electron chi connectivity index (χ1n) is 6.29. The van der Waals surface area contributed by atoms with Crippen molar-refractivity contribution >= 4 is 23.4 Å². The van der Waals surface area contributed by atoms with E-state index in [-0.39, 0.29) is 11.7 Å². The zero-order valence-electron chi connectivity index (χ0n) is 11.2. The molecule has 0 radical (unpaired) electrons. The largest absolute Gasteiger partial charge is 0.474 e. The molecule has 0 amide bonds. The first-order valence-corrected chi connectivity index (χ1v) is 7.48. The molecule has 106 valence electrons. The maximum atomic E-state index is 11.6. The van der Waals surface area contributed by atoms with Gasteiger partial charge in [-0.25, -0.2) is 0 Å². The molecular weight excluding hydrogens is 296 g/mol. The number of nitrogens with one attached hydrogen (secondary N) is 1. The highest BCUT2D eigenvalue weighted by Crippen LogP contribution is 2.31. The molecular formula is C14H15ClN2O2S. The SMILES string of the molecule is CCC(C)Oc1cc(=O)[nH]c(Sc2ccccc2Cl)n1. The summed E-state index contributed by atoms with van der Waals surface area (Å²) in [5.74, 6) is 0.331. The second-order valence-corrected chi connectivity index (χ2v) is 5.70. The minimum absolute atomic E-state index is 0.0162. The molecule has 0 saturated heterocycles. The lowest BCUT2D eigenvalue weighted by Crippen LogP contribution is -2.15. The van der Waals surface area contributed by atoms with Gasteiger partial charge in [-0.1, -0.05) is 42.4 Å². The number of halogens is 1. The van der Waals surface area contributed by atoms with Crippen LogP contribution in [0, 0.1) is 0 Å². The predicted octanol–water partition coefficient (Wildman–Crippen LogP) is 3.75. The number of aromatic amines is 1. The molecule has 0 saturated carbocycles. The Labute approximate surface area is 126 Å². The fourth-order valence-electron chi connectivity index (χ4n) is 1.44. The van der Waals surface area contributed by atoms with Gasteiger partial charge in [0.15, 0.2) is 5.16 Å².